The van der Waals surface area contributed by atoms with E-state index in [1.165, 1.54) is 89.9 Å². The number of aliphatic hydroxyl groups excluding tert-OH is 1. The molecule has 0 aliphatic heterocycles. The molecule has 0 heterocycles. The molecule has 0 aliphatic rings. The average molecular weight is 1090 g/mol. The van der Waals surface area contributed by atoms with Crippen LogP contribution in [0.15, 0.2) is 66.7 Å². The quantitative estimate of drug-likeness (QED) is 0.0304. The summed E-state index contributed by atoms with van der Waals surface area (Å²) in [6.45, 7) is 5.84. The molecule has 0 bridgehead atoms. The van der Waals surface area contributed by atoms with Gasteiger partial charge in [-0.25, -0.2) is 14.4 Å². The van der Waals surface area contributed by atoms with Crippen molar-refractivity contribution >= 4 is 17.9 Å². The van der Waals surface area contributed by atoms with E-state index in [0.29, 0.717) is 87.9 Å². The molecule has 4 rings (SSSR count). The van der Waals surface area contributed by atoms with Crippen molar-refractivity contribution in [2.24, 2.45) is 0 Å². The van der Waals surface area contributed by atoms with Crippen molar-refractivity contribution in [1.82, 2.24) is 0 Å². The first kappa shape index (κ1) is 64.2. The van der Waals surface area contributed by atoms with Crippen LogP contribution < -0.4 is 37.9 Å². The molecular formula is C63H90O15. The number of hydrogen-bond acceptors (Lipinski definition) is 12. The first-order valence-electron chi connectivity index (χ1n) is 28.9. The maximum absolute atomic E-state index is 11.9. The van der Waals surface area contributed by atoms with Crippen molar-refractivity contribution < 1.29 is 72.7 Å². The lowest BCUT2D eigenvalue weighted by Gasteiger charge is -2.20. The molecule has 0 saturated heterocycles. The molecule has 78 heavy (non-hydrogen) atoms. The van der Waals surface area contributed by atoms with Gasteiger partial charge in [0.1, 0.15) is 59.2 Å². The van der Waals surface area contributed by atoms with Gasteiger partial charge in [-0.3, -0.25) is 0 Å². The predicted molar refractivity (Wildman–Crippen MR) is 303 cm³/mol. The summed E-state index contributed by atoms with van der Waals surface area (Å²) >= 11 is 0. The molecule has 15 nitrogen and oxygen atoms in total. The minimum absolute atomic E-state index is 0.00255. The topological polar surface area (TPSA) is 206 Å². The molecule has 0 fully saturated rings. The number of carboxylic acids is 3. The van der Waals surface area contributed by atoms with Crippen molar-refractivity contribution in [2.45, 2.75) is 195 Å². The van der Waals surface area contributed by atoms with Crippen molar-refractivity contribution in [1.29, 1.82) is 0 Å². The van der Waals surface area contributed by atoms with Gasteiger partial charge in [0.2, 0.25) is 0 Å². The van der Waals surface area contributed by atoms with E-state index in [0.717, 1.165) is 64.2 Å². The Kier molecular flexibility index (Phi) is 32.2. The fourth-order valence-electron chi connectivity index (χ4n) is 8.92. The minimum Gasteiger partial charge on any atom is -0.493 e. The third kappa shape index (κ3) is 27.3. The lowest BCUT2D eigenvalue weighted by atomic mass is 10.00. The minimum atomic E-state index is -1.19. The Morgan fingerprint density at radius 3 is 1.00 bits per heavy atom. The van der Waals surface area contributed by atoms with Gasteiger partial charge < -0.3 is 58.3 Å². The third-order valence-corrected chi connectivity index (χ3v) is 13.0. The number of aliphatic carboxylic acids is 3. The Bertz CT molecular complexity index is 2220. The van der Waals surface area contributed by atoms with E-state index in [-0.39, 0.29) is 25.6 Å². The number of rotatable bonds is 47. The maximum atomic E-state index is 11.9. The van der Waals surface area contributed by atoms with Crippen LogP contribution in [0.5, 0.6) is 46.0 Å². The second kappa shape index (κ2) is 39.1. The van der Waals surface area contributed by atoms with Crippen LogP contribution in [0.2, 0.25) is 0 Å². The highest BCUT2D eigenvalue weighted by Crippen LogP contribution is 2.43. The van der Waals surface area contributed by atoms with Crippen LogP contribution in [0.3, 0.4) is 0 Å². The van der Waals surface area contributed by atoms with Crippen molar-refractivity contribution in [3.63, 3.8) is 0 Å². The standard InChI is InChI=1S/C63H90O15/c1-4-7-10-13-16-19-22-25-28-71-52-31-49(33-54(39-52)76-45-60(65)66)43-74-56-37-51(63-58(73-30-27-24-21-18-15-12-9-6-3)35-48(42-64)36-59(63)78-47-62(69)70)38-57(41-56)75-44-50-32-53(40-55(34-50)77-46-61(67)68)72-29-26-23-20-17-14-11-8-5-2/h31-41,64H,4-30,42-47H2,1-3H3,(H,65,66)(H,67,68)(H,69,70). The van der Waals surface area contributed by atoms with Crippen LogP contribution in [-0.2, 0) is 34.2 Å². The van der Waals surface area contributed by atoms with Crippen LogP contribution in [0, 0.1) is 0 Å². The van der Waals surface area contributed by atoms with Crippen LogP contribution in [-0.4, -0.2) is 78.0 Å². The Morgan fingerprint density at radius 2 is 0.641 bits per heavy atom. The molecule has 4 aromatic carbocycles. The lowest BCUT2D eigenvalue weighted by Crippen LogP contribution is -2.11. The van der Waals surface area contributed by atoms with E-state index < -0.39 is 37.7 Å². The Labute approximate surface area is 463 Å². The number of carboxylic acid groups (broad SMARTS) is 3. The summed E-state index contributed by atoms with van der Waals surface area (Å²) in [5, 5.41) is 39.0. The molecule has 0 spiro atoms. The highest BCUT2D eigenvalue weighted by molar-refractivity contribution is 5.80. The smallest absolute Gasteiger partial charge is 0.341 e. The van der Waals surface area contributed by atoms with E-state index in [1.54, 1.807) is 54.6 Å². The molecule has 0 radical (unpaired) electrons. The van der Waals surface area contributed by atoms with Gasteiger partial charge in [0, 0.05) is 18.2 Å². The summed E-state index contributed by atoms with van der Waals surface area (Å²) in [5.41, 5.74) is 2.66. The third-order valence-electron chi connectivity index (χ3n) is 13.0. The molecule has 0 unspecified atom stereocenters. The normalized spacial score (nSPS) is 11.0. The summed E-state index contributed by atoms with van der Waals surface area (Å²) in [6.07, 6.45) is 27.2. The fraction of sp³-hybridized carbons (Fsp3) is 0.571. The first-order valence-corrected chi connectivity index (χ1v) is 28.9. The van der Waals surface area contributed by atoms with Gasteiger partial charge in [0.15, 0.2) is 19.8 Å². The van der Waals surface area contributed by atoms with Gasteiger partial charge in [-0.1, -0.05) is 156 Å². The molecule has 0 saturated carbocycles. The number of carbonyl (C=O) groups is 3. The number of unbranched alkanes of at least 4 members (excludes halogenated alkanes) is 21. The number of ether oxygens (including phenoxy) is 8. The monoisotopic (exact) mass is 1090 g/mol. The van der Waals surface area contributed by atoms with Gasteiger partial charge in [-0.05, 0) is 90.0 Å². The summed E-state index contributed by atoms with van der Waals surface area (Å²) < 4.78 is 49.1. The maximum Gasteiger partial charge on any atom is 0.341 e. The van der Waals surface area contributed by atoms with E-state index in [2.05, 4.69) is 20.8 Å². The highest BCUT2D eigenvalue weighted by Gasteiger charge is 2.20. The fourth-order valence-corrected chi connectivity index (χ4v) is 8.92. The molecule has 432 valence electrons. The molecule has 0 aliphatic carbocycles. The summed E-state index contributed by atoms with van der Waals surface area (Å²) in [6, 6.07) is 18.9. The van der Waals surface area contributed by atoms with Gasteiger partial charge in [-0.2, -0.15) is 0 Å². The molecule has 4 N–H and O–H groups in total. The molecule has 4 aromatic rings. The van der Waals surface area contributed by atoms with E-state index >= 15 is 0 Å². The van der Waals surface area contributed by atoms with E-state index in [1.807, 2.05) is 12.1 Å². The summed E-state index contributed by atoms with van der Waals surface area (Å²) in [7, 11) is 0. The molecule has 15 heteroatoms. The van der Waals surface area contributed by atoms with Crippen molar-refractivity contribution in [3.05, 3.63) is 83.4 Å². The van der Waals surface area contributed by atoms with Crippen LogP contribution in [0.1, 0.15) is 192 Å². The second-order valence-electron chi connectivity index (χ2n) is 20.0. The van der Waals surface area contributed by atoms with Crippen molar-refractivity contribution in [2.75, 3.05) is 39.6 Å². The Morgan fingerprint density at radius 1 is 0.333 bits per heavy atom. The predicted octanol–water partition coefficient (Wildman–Crippen LogP) is 15.0. The second-order valence-corrected chi connectivity index (χ2v) is 20.0. The SMILES string of the molecule is CCCCCCCCCCOc1cc(COc2cc(OCc3cc(OCCCCCCCCCC)cc(OCC(=O)O)c3)cc(-c3c(OCCCCCCCCCC)cc(CO)cc3OCC(=O)O)c2)cc(OCC(=O)O)c1. The molecule has 0 amide bonds. The molecule has 0 aromatic heterocycles. The van der Waals surface area contributed by atoms with Crippen LogP contribution in [0.4, 0.5) is 0 Å². The number of aliphatic hydroxyl groups is 1. The van der Waals surface area contributed by atoms with Crippen LogP contribution >= 0.6 is 0 Å². The zero-order valence-electron chi connectivity index (χ0n) is 47.0. The number of benzene rings is 4. The Balaban J connectivity index is 1.69. The van der Waals surface area contributed by atoms with E-state index in [4.69, 9.17) is 37.9 Å². The largest absolute Gasteiger partial charge is 0.493 e. The lowest BCUT2D eigenvalue weighted by molar-refractivity contribution is -0.140. The molecular weight excluding hydrogens is 997 g/mol. The highest BCUT2D eigenvalue weighted by atomic mass is 16.5. The Hall–Kier alpha value is -6.35. The average Bonchev–Trinajstić information content (AvgIpc) is 3.44. The zero-order chi connectivity index (χ0) is 56.0. The van der Waals surface area contributed by atoms with Crippen LogP contribution in [0.25, 0.3) is 11.1 Å². The van der Waals surface area contributed by atoms with Gasteiger partial charge in [0.25, 0.3) is 0 Å². The van der Waals surface area contributed by atoms with Gasteiger partial charge >= 0.3 is 17.9 Å². The first-order chi connectivity index (χ1) is 38.0. The van der Waals surface area contributed by atoms with E-state index in [9.17, 15) is 34.8 Å². The molecule has 0 atom stereocenters. The van der Waals surface area contributed by atoms with Gasteiger partial charge in [-0.15, -0.1) is 0 Å². The van der Waals surface area contributed by atoms with Gasteiger partial charge in [0.05, 0.1) is 32.0 Å². The van der Waals surface area contributed by atoms with Crippen molar-refractivity contribution in [3.8, 4) is 57.1 Å². The summed E-state index contributed by atoms with van der Waals surface area (Å²) in [5.74, 6) is -0.571. The summed E-state index contributed by atoms with van der Waals surface area (Å²) in [4.78, 5) is 35.0. The zero-order valence-corrected chi connectivity index (χ0v) is 47.0. The number of hydrogen-bond donors (Lipinski definition) is 4.